The van der Waals surface area contributed by atoms with E-state index in [9.17, 15) is 9.59 Å². The van der Waals surface area contributed by atoms with Gasteiger partial charge >= 0.3 is 0 Å². The first-order valence-electron chi connectivity index (χ1n) is 9.69. The minimum atomic E-state index is 0.138. The van der Waals surface area contributed by atoms with Gasteiger partial charge in [0.25, 0.3) is 5.91 Å². The molecule has 3 heterocycles. The van der Waals surface area contributed by atoms with Crippen LogP contribution in [0.2, 0.25) is 0 Å². The van der Waals surface area contributed by atoms with E-state index in [0.29, 0.717) is 11.8 Å². The maximum atomic E-state index is 13.1. The van der Waals surface area contributed by atoms with Crippen molar-refractivity contribution in [2.75, 3.05) is 19.6 Å². The van der Waals surface area contributed by atoms with Crippen molar-refractivity contribution in [3.63, 3.8) is 0 Å². The summed E-state index contributed by atoms with van der Waals surface area (Å²) in [7, 11) is 0. The Bertz CT molecular complexity index is 675. The average Bonchev–Trinajstić information content (AvgIpc) is 2.83. The van der Waals surface area contributed by atoms with Crippen LogP contribution in [0.15, 0.2) is 18.2 Å². The fourth-order valence-electron chi connectivity index (χ4n) is 4.69. The average molecular weight is 340 g/mol. The molecule has 25 heavy (non-hydrogen) atoms. The fraction of sp³-hybridized carbons (Fsp3) is 0.619. The van der Waals surface area contributed by atoms with Crippen LogP contribution in [0.3, 0.4) is 0 Å². The number of fused-ring (bicyclic) bond motifs is 4. The molecule has 0 unspecified atom stereocenters. The standard InChI is InChI=1S/C21H28N2O2/c1-14-8-15(2)10-18(9-14)21(25)23-12-16-6-7-19(23)13-22(11-16)20(24)17-4-3-5-17/h8-10,16-17,19H,3-7,11-13H2,1-2H3/t16-,19+/m1/s1. The van der Waals surface area contributed by atoms with Crippen LogP contribution < -0.4 is 0 Å². The molecule has 2 atom stereocenters. The third kappa shape index (κ3) is 3.19. The van der Waals surface area contributed by atoms with Gasteiger partial charge in [0, 0.05) is 37.2 Å². The number of piperidine rings is 1. The molecule has 4 nitrogen and oxygen atoms in total. The normalized spacial score (nSPS) is 26.3. The van der Waals surface area contributed by atoms with Crippen molar-refractivity contribution in [2.45, 2.75) is 52.0 Å². The van der Waals surface area contributed by atoms with Gasteiger partial charge < -0.3 is 9.80 Å². The van der Waals surface area contributed by atoms with Crippen molar-refractivity contribution < 1.29 is 9.59 Å². The van der Waals surface area contributed by atoms with Gasteiger partial charge in [-0.05, 0) is 57.6 Å². The van der Waals surface area contributed by atoms with Gasteiger partial charge in [0.1, 0.15) is 0 Å². The number of benzene rings is 1. The second-order valence-corrected chi connectivity index (χ2v) is 8.30. The predicted octanol–water partition coefficient (Wildman–Crippen LogP) is 3.17. The molecule has 134 valence electrons. The predicted molar refractivity (Wildman–Crippen MR) is 97.4 cm³/mol. The highest BCUT2D eigenvalue weighted by atomic mass is 16.2. The summed E-state index contributed by atoms with van der Waals surface area (Å²) in [6.07, 6.45) is 5.45. The van der Waals surface area contributed by atoms with Crippen LogP contribution in [0.1, 0.15) is 53.6 Å². The summed E-state index contributed by atoms with van der Waals surface area (Å²) in [5.74, 6) is 1.15. The number of rotatable bonds is 2. The van der Waals surface area contributed by atoms with E-state index in [4.69, 9.17) is 0 Å². The molecule has 5 rings (SSSR count). The Morgan fingerprint density at radius 3 is 2.28 bits per heavy atom. The van der Waals surface area contributed by atoms with E-state index in [0.717, 1.165) is 62.0 Å². The molecule has 2 amide bonds. The number of amides is 2. The maximum absolute atomic E-state index is 13.1. The van der Waals surface area contributed by atoms with Gasteiger partial charge in [0.15, 0.2) is 0 Å². The third-order valence-corrected chi connectivity index (χ3v) is 6.21. The Morgan fingerprint density at radius 2 is 1.64 bits per heavy atom. The van der Waals surface area contributed by atoms with Crippen molar-refractivity contribution in [1.29, 1.82) is 0 Å². The van der Waals surface area contributed by atoms with Gasteiger partial charge in [-0.25, -0.2) is 0 Å². The molecular weight excluding hydrogens is 312 g/mol. The summed E-state index contributed by atoms with van der Waals surface area (Å²) in [4.78, 5) is 30.0. The summed E-state index contributed by atoms with van der Waals surface area (Å²) >= 11 is 0. The molecule has 1 aromatic carbocycles. The maximum Gasteiger partial charge on any atom is 0.254 e. The third-order valence-electron chi connectivity index (χ3n) is 6.21. The number of carbonyl (C=O) groups is 2. The van der Waals surface area contributed by atoms with Gasteiger partial charge in [-0.2, -0.15) is 0 Å². The highest BCUT2D eigenvalue weighted by Gasteiger charge is 2.40. The van der Waals surface area contributed by atoms with Gasteiger partial charge in [-0.1, -0.05) is 23.6 Å². The van der Waals surface area contributed by atoms with Gasteiger partial charge in [0.2, 0.25) is 5.91 Å². The van der Waals surface area contributed by atoms with Gasteiger partial charge in [-0.3, -0.25) is 9.59 Å². The van der Waals surface area contributed by atoms with Crippen LogP contribution in [0.4, 0.5) is 0 Å². The molecule has 3 aliphatic heterocycles. The van der Waals surface area contributed by atoms with E-state index < -0.39 is 0 Å². The lowest BCUT2D eigenvalue weighted by atomic mass is 9.84. The van der Waals surface area contributed by atoms with Gasteiger partial charge in [0.05, 0.1) is 0 Å². The Kier molecular flexibility index (Phi) is 4.30. The Balaban J connectivity index is 1.53. The molecule has 0 aromatic heterocycles. The molecule has 2 bridgehead atoms. The second kappa shape index (κ2) is 6.47. The summed E-state index contributed by atoms with van der Waals surface area (Å²) in [5, 5.41) is 0. The molecule has 3 saturated heterocycles. The van der Waals surface area contributed by atoms with Crippen molar-refractivity contribution in [3.05, 3.63) is 34.9 Å². The SMILES string of the molecule is Cc1cc(C)cc(C(=O)N2C[C@@H]3CC[C@H]2CN(C(=O)C2CCC2)C3)c1. The molecule has 0 radical (unpaired) electrons. The smallest absolute Gasteiger partial charge is 0.254 e. The molecule has 4 heteroatoms. The molecule has 4 aliphatic rings. The molecule has 0 spiro atoms. The van der Waals surface area contributed by atoms with Crippen LogP contribution in [-0.2, 0) is 4.79 Å². The lowest BCUT2D eigenvalue weighted by molar-refractivity contribution is -0.138. The quantitative estimate of drug-likeness (QED) is 0.830. The zero-order valence-corrected chi connectivity index (χ0v) is 15.3. The van der Waals surface area contributed by atoms with E-state index in [1.165, 1.54) is 6.42 Å². The molecule has 0 N–H and O–H groups in total. The molecule has 4 fully saturated rings. The van der Waals surface area contributed by atoms with Crippen LogP contribution in [-0.4, -0.2) is 47.3 Å². The lowest BCUT2D eigenvalue weighted by Crippen LogP contribution is -2.48. The minimum Gasteiger partial charge on any atom is -0.340 e. The lowest BCUT2D eigenvalue weighted by Gasteiger charge is -2.36. The van der Waals surface area contributed by atoms with E-state index in [1.54, 1.807) is 0 Å². The zero-order valence-electron chi connectivity index (χ0n) is 15.3. The topological polar surface area (TPSA) is 40.6 Å². The largest absolute Gasteiger partial charge is 0.340 e. The molecule has 1 saturated carbocycles. The van der Waals surface area contributed by atoms with Crippen LogP contribution in [0.5, 0.6) is 0 Å². The first-order chi connectivity index (χ1) is 12.0. The summed E-state index contributed by atoms with van der Waals surface area (Å²) in [6.45, 7) is 6.44. The molecular formula is C21H28N2O2. The van der Waals surface area contributed by atoms with Crippen molar-refractivity contribution in [2.24, 2.45) is 11.8 Å². The molecule has 1 aliphatic carbocycles. The number of hydrogen-bond acceptors (Lipinski definition) is 2. The monoisotopic (exact) mass is 340 g/mol. The van der Waals surface area contributed by atoms with Crippen molar-refractivity contribution >= 4 is 11.8 Å². The van der Waals surface area contributed by atoms with Crippen molar-refractivity contribution in [1.82, 2.24) is 9.80 Å². The highest BCUT2D eigenvalue weighted by molar-refractivity contribution is 5.95. The second-order valence-electron chi connectivity index (χ2n) is 8.30. The Labute approximate surface area is 150 Å². The minimum absolute atomic E-state index is 0.138. The molecule has 1 aromatic rings. The van der Waals surface area contributed by atoms with Crippen LogP contribution in [0, 0.1) is 25.7 Å². The van der Waals surface area contributed by atoms with Crippen LogP contribution >= 0.6 is 0 Å². The number of hydrogen-bond donors (Lipinski definition) is 0. The van der Waals surface area contributed by atoms with E-state index in [2.05, 4.69) is 15.9 Å². The summed E-state index contributed by atoms with van der Waals surface area (Å²) < 4.78 is 0. The first-order valence-corrected chi connectivity index (χ1v) is 9.69. The van der Waals surface area contributed by atoms with E-state index in [-0.39, 0.29) is 17.9 Å². The number of nitrogens with zero attached hydrogens (tertiary/aromatic N) is 2. The van der Waals surface area contributed by atoms with Crippen LogP contribution in [0.25, 0.3) is 0 Å². The Hall–Kier alpha value is -1.84. The summed E-state index contributed by atoms with van der Waals surface area (Å²) in [5.41, 5.74) is 3.05. The number of carbonyl (C=O) groups excluding carboxylic acids is 2. The number of aryl methyl sites for hydroxylation is 2. The fourth-order valence-corrected chi connectivity index (χ4v) is 4.69. The van der Waals surface area contributed by atoms with Gasteiger partial charge in [-0.15, -0.1) is 0 Å². The first kappa shape index (κ1) is 16.6. The zero-order chi connectivity index (χ0) is 17.6. The Morgan fingerprint density at radius 1 is 0.920 bits per heavy atom. The highest BCUT2D eigenvalue weighted by Crippen LogP contribution is 2.33. The summed E-state index contributed by atoms with van der Waals surface area (Å²) in [6, 6.07) is 6.26. The van der Waals surface area contributed by atoms with E-state index >= 15 is 0 Å². The van der Waals surface area contributed by atoms with E-state index in [1.807, 2.05) is 26.0 Å². The van der Waals surface area contributed by atoms with Crippen molar-refractivity contribution in [3.8, 4) is 0 Å².